The Morgan fingerprint density at radius 1 is 1.11 bits per heavy atom. The Kier molecular flexibility index (Phi) is 6.99. The molecule has 1 saturated carbocycles. The van der Waals surface area contributed by atoms with Crippen LogP contribution in [-0.2, 0) is 0 Å². The fourth-order valence-corrected chi connectivity index (χ4v) is 3.20. The number of allylic oxidation sites excluding steroid dienone is 1. The zero-order valence-corrected chi connectivity index (χ0v) is 13.1. The van der Waals surface area contributed by atoms with E-state index in [-0.39, 0.29) is 0 Å². The molecule has 0 amide bonds. The first-order valence-electron chi connectivity index (χ1n) is 7.93. The smallest absolute Gasteiger partial charge is 0.0280 e. The molecule has 0 aromatic rings. The average molecular weight is 251 g/mol. The summed E-state index contributed by atoms with van der Waals surface area (Å²) in [5.74, 6) is 2.71. The predicted octanol–water partition coefficient (Wildman–Crippen LogP) is 4.78. The molecular weight excluding hydrogens is 218 g/mol. The van der Waals surface area contributed by atoms with Gasteiger partial charge in [0.25, 0.3) is 0 Å². The molecule has 0 saturated heterocycles. The fraction of sp³-hybridized carbons (Fsp3) is 0.882. The zero-order valence-electron chi connectivity index (χ0n) is 13.1. The van der Waals surface area contributed by atoms with Crippen LogP contribution in [0.1, 0.15) is 66.7 Å². The van der Waals surface area contributed by atoms with Crippen LogP contribution in [-0.4, -0.2) is 12.6 Å². The summed E-state index contributed by atoms with van der Waals surface area (Å²) in [6, 6.07) is 0.614. The van der Waals surface area contributed by atoms with Crippen molar-refractivity contribution < 1.29 is 0 Å². The molecule has 1 rings (SSSR count). The minimum absolute atomic E-state index is 0.614. The first-order chi connectivity index (χ1) is 8.54. The van der Waals surface area contributed by atoms with Crippen LogP contribution in [0.3, 0.4) is 0 Å². The standard InChI is InChI=1S/C17H33N/c1-6-11-18-17(12-13(2)3)16-9-7-15(8-10-16)14(4)5/h12,14-18H,6-11H2,1-5H3. The number of hydrogen-bond donors (Lipinski definition) is 1. The molecule has 1 fully saturated rings. The van der Waals surface area contributed by atoms with Crippen LogP contribution in [0.2, 0.25) is 0 Å². The Bertz CT molecular complexity index is 242. The second kappa shape index (κ2) is 7.99. The molecule has 18 heavy (non-hydrogen) atoms. The van der Waals surface area contributed by atoms with Crippen molar-refractivity contribution >= 4 is 0 Å². The fourth-order valence-electron chi connectivity index (χ4n) is 3.20. The topological polar surface area (TPSA) is 12.0 Å². The molecule has 1 N–H and O–H groups in total. The van der Waals surface area contributed by atoms with Gasteiger partial charge in [-0.2, -0.15) is 0 Å². The summed E-state index contributed by atoms with van der Waals surface area (Å²) in [5.41, 5.74) is 1.45. The molecule has 0 spiro atoms. The lowest BCUT2D eigenvalue weighted by Gasteiger charge is -2.35. The summed E-state index contributed by atoms with van der Waals surface area (Å²) in [6.07, 6.45) is 9.37. The monoisotopic (exact) mass is 251 g/mol. The van der Waals surface area contributed by atoms with Gasteiger partial charge in [0.2, 0.25) is 0 Å². The molecule has 0 heterocycles. The summed E-state index contributed by atoms with van der Waals surface area (Å²) in [4.78, 5) is 0. The van der Waals surface area contributed by atoms with Crippen molar-refractivity contribution in [2.75, 3.05) is 6.54 Å². The van der Waals surface area contributed by atoms with Gasteiger partial charge in [-0.15, -0.1) is 0 Å². The van der Waals surface area contributed by atoms with Crippen molar-refractivity contribution in [1.29, 1.82) is 0 Å². The summed E-state index contributed by atoms with van der Waals surface area (Å²) in [7, 11) is 0. The largest absolute Gasteiger partial charge is 0.310 e. The number of nitrogens with one attached hydrogen (secondary N) is 1. The molecule has 1 atom stereocenters. The summed E-state index contributed by atoms with van der Waals surface area (Å²) in [5, 5.41) is 3.74. The lowest BCUT2D eigenvalue weighted by atomic mass is 9.74. The molecule has 1 nitrogen and oxygen atoms in total. The molecule has 1 aliphatic carbocycles. The summed E-state index contributed by atoms with van der Waals surface area (Å²) in [6.45, 7) is 12.6. The van der Waals surface area contributed by atoms with Crippen LogP contribution in [0.4, 0.5) is 0 Å². The van der Waals surface area contributed by atoms with Gasteiger partial charge in [0.15, 0.2) is 0 Å². The molecule has 106 valence electrons. The second-order valence-corrected chi connectivity index (χ2v) is 6.64. The lowest BCUT2D eigenvalue weighted by Crippen LogP contribution is -2.37. The Labute approximate surface area is 114 Å². The van der Waals surface area contributed by atoms with Gasteiger partial charge in [0, 0.05) is 6.04 Å². The molecule has 1 heteroatoms. The Morgan fingerprint density at radius 2 is 1.67 bits per heavy atom. The Morgan fingerprint density at radius 3 is 2.11 bits per heavy atom. The lowest BCUT2D eigenvalue weighted by molar-refractivity contribution is 0.203. The van der Waals surface area contributed by atoms with Crippen molar-refractivity contribution in [3.8, 4) is 0 Å². The van der Waals surface area contributed by atoms with Gasteiger partial charge in [-0.3, -0.25) is 0 Å². The van der Waals surface area contributed by atoms with Gasteiger partial charge < -0.3 is 5.32 Å². The summed E-state index contributed by atoms with van der Waals surface area (Å²) < 4.78 is 0. The highest BCUT2D eigenvalue weighted by molar-refractivity contribution is 5.04. The highest BCUT2D eigenvalue weighted by Crippen LogP contribution is 2.35. The van der Waals surface area contributed by atoms with Crippen LogP contribution in [0.25, 0.3) is 0 Å². The van der Waals surface area contributed by atoms with Gasteiger partial charge in [0.1, 0.15) is 0 Å². The van der Waals surface area contributed by atoms with Gasteiger partial charge in [0.05, 0.1) is 0 Å². The molecule has 0 aromatic carbocycles. The maximum Gasteiger partial charge on any atom is 0.0280 e. The highest BCUT2D eigenvalue weighted by atomic mass is 14.9. The van der Waals surface area contributed by atoms with Crippen molar-refractivity contribution in [3.05, 3.63) is 11.6 Å². The Hall–Kier alpha value is -0.300. The van der Waals surface area contributed by atoms with E-state index < -0.39 is 0 Å². The van der Waals surface area contributed by atoms with Crippen LogP contribution in [0.5, 0.6) is 0 Å². The maximum atomic E-state index is 3.74. The van der Waals surface area contributed by atoms with E-state index in [1.165, 1.54) is 37.7 Å². The summed E-state index contributed by atoms with van der Waals surface area (Å²) >= 11 is 0. The number of hydrogen-bond acceptors (Lipinski definition) is 1. The van der Waals surface area contributed by atoms with E-state index in [4.69, 9.17) is 0 Å². The third-order valence-corrected chi connectivity index (χ3v) is 4.41. The van der Waals surface area contributed by atoms with E-state index in [1.807, 2.05) is 0 Å². The predicted molar refractivity (Wildman–Crippen MR) is 81.8 cm³/mol. The van der Waals surface area contributed by atoms with Crippen molar-refractivity contribution in [2.45, 2.75) is 72.8 Å². The van der Waals surface area contributed by atoms with Crippen molar-refractivity contribution in [1.82, 2.24) is 5.32 Å². The average Bonchev–Trinajstić information content (AvgIpc) is 2.34. The van der Waals surface area contributed by atoms with Gasteiger partial charge in [-0.25, -0.2) is 0 Å². The van der Waals surface area contributed by atoms with E-state index in [2.05, 4.69) is 46.0 Å². The first kappa shape index (κ1) is 15.8. The minimum Gasteiger partial charge on any atom is -0.310 e. The number of rotatable bonds is 6. The minimum atomic E-state index is 0.614. The Balaban J connectivity index is 2.51. The molecule has 0 radical (unpaired) electrons. The highest BCUT2D eigenvalue weighted by Gasteiger charge is 2.27. The van der Waals surface area contributed by atoms with E-state index in [1.54, 1.807) is 0 Å². The van der Waals surface area contributed by atoms with E-state index in [0.29, 0.717) is 6.04 Å². The van der Waals surface area contributed by atoms with Crippen LogP contribution >= 0.6 is 0 Å². The first-order valence-corrected chi connectivity index (χ1v) is 7.93. The molecular formula is C17H33N. The third-order valence-electron chi connectivity index (χ3n) is 4.41. The zero-order chi connectivity index (χ0) is 13.5. The van der Waals surface area contributed by atoms with E-state index in [9.17, 15) is 0 Å². The maximum absolute atomic E-state index is 3.74. The van der Waals surface area contributed by atoms with Crippen LogP contribution < -0.4 is 5.32 Å². The van der Waals surface area contributed by atoms with E-state index >= 15 is 0 Å². The SMILES string of the molecule is CCCNC(C=C(C)C)C1CCC(C(C)C)CC1. The molecule has 1 aliphatic rings. The van der Waals surface area contributed by atoms with Gasteiger partial charge >= 0.3 is 0 Å². The normalized spacial score (nSPS) is 26.1. The molecule has 1 unspecified atom stereocenters. The quantitative estimate of drug-likeness (QED) is 0.670. The van der Waals surface area contributed by atoms with Gasteiger partial charge in [-0.1, -0.05) is 32.4 Å². The van der Waals surface area contributed by atoms with Gasteiger partial charge in [-0.05, 0) is 70.3 Å². The second-order valence-electron chi connectivity index (χ2n) is 6.64. The molecule has 0 aromatic heterocycles. The molecule has 0 aliphatic heterocycles. The van der Waals surface area contributed by atoms with Crippen LogP contribution in [0, 0.1) is 17.8 Å². The van der Waals surface area contributed by atoms with Crippen molar-refractivity contribution in [2.24, 2.45) is 17.8 Å². The van der Waals surface area contributed by atoms with Crippen molar-refractivity contribution in [3.63, 3.8) is 0 Å². The third kappa shape index (κ3) is 5.14. The van der Waals surface area contributed by atoms with Crippen LogP contribution in [0.15, 0.2) is 11.6 Å². The van der Waals surface area contributed by atoms with E-state index in [0.717, 1.165) is 24.3 Å². The molecule has 0 bridgehead atoms.